The van der Waals surface area contributed by atoms with E-state index < -0.39 is 26.2 Å². The summed E-state index contributed by atoms with van der Waals surface area (Å²) in [6.07, 6.45) is 2.53. The van der Waals surface area contributed by atoms with Gasteiger partial charge in [0.1, 0.15) is 11.8 Å². The molecule has 1 spiro atoms. The van der Waals surface area contributed by atoms with Crippen LogP contribution < -0.4 is 4.90 Å². The van der Waals surface area contributed by atoms with E-state index in [0.29, 0.717) is 25.2 Å². The molecule has 1 fully saturated rings. The lowest BCUT2D eigenvalue weighted by atomic mass is 9.82. The third-order valence-electron chi connectivity index (χ3n) is 7.77. The van der Waals surface area contributed by atoms with E-state index >= 15 is 4.11 Å². The fraction of sp³-hybridized carbons (Fsp3) is 0.393. The van der Waals surface area contributed by atoms with Gasteiger partial charge in [-0.15, -0.1) is 11.7 Å². The minimum Gasteiger partial charge on any atom is -0.382 e. The first-order valence-corrected chi connectivity index (χ1v) is 15.7. The first kappa shape index (κ1) is 25.5. The average molecular weight is 521 g/mol. The molecule has 3 aromatic rings. The molecule has 3 heterocycles. The molecule has 0 radical (unpaired) electrons. The Morgan fingerprint density at radius 3 is 2.62 bits per heavy atom. The van der Waals surface area contributed by atoms with E-state index in [0.717, 1.165) is 16.8 Å². The molecule has 0 bridgehead atoms. The third-order valence-corrected chi connectivity index (χ3v) is 10.2. The van der Waals surface area contributed by atoms with Crippen molar-refractivity contribution in [3.05, 3.63) is 90.3 Å². The minimum atomic E-state index is -3.23. The number of ether oxygens (including phenoxy) is 1. The molecule has 1 saturated heterocycles. The summed E-state index contributed by atoms with van der Waals surface area (Å²) in [6, 6.07) is 16.9. The normalized spacial score (nSPS) is 26.0. The number of carbonyl (C=O) groups excluding carboxylic acids is 1. The van der Waals surface area contributed by atoms with Crippen LogP contribution in [0.1, 0.15) is 36.3 Å². The van der Waals surface area contributed by atoms with Gasteiger partial charge >= 0.3 is 0 Å². The van der Waals surface area contributed by atoms with E-state index in [1.165, 1.54) is 0 Å². The van der Waals surface area contributed by atoms with E-state index in [1.54, 1.807) is 34.9 Å². The van der Waals surface area contributed by atoms with Crippen molar-refractivity contribution in [2.24, 2.45) is 5.92 Å². The number of hydrogen-bond donors (Lipinski definition) is 1. The van der Waals surface area contributed by atoms with E-state index in [4.69, 9.17) is 4.74 Å². The number of aromatic nitrogens is 3. The molecule has 5 atom stereocenters. The predicted molar refractivity (Wildman–Crippen MR) is 142 cm³/mol. The number of aliphatic hydroxyl groups excluding tert-OH is 1. The molecule has 1 amide bonds. The van der Waals surface area contributed by atoms with Gasteiger partial charge in [0, 0.05) is 30.1 Å². The molecule has 0 saturated carbocycles. The lowest BCUT2D eigenvalue weighted by Gasteiger charge is -2.31. The molecular weight excluding hydrogens is 487 g/mol. The van der Waals surface area contributed by atoms with E-state index in [-0.39, 0.29) is 17.4 Å². The summed E-state index contributed by atoms with van der Waals surface area (Å²) < 4.78 is 24.2. The largest absolute Gasteiger partial charge is 0.382 e. The molecule has 7 nitrogen and oxygen atoms in total. The maximum atomic E-state index is 15.9. The Morgan fingerprint density at radius 2 is 1.92 bits per heavy atom. The van der Waals surface area contributed by atoms with Crippen molar-refractivity contribution in [1.82, 2.24) is 15.0 Å². The van der Waals surface area contributed by atoms with Gasteiger partial charge in [-0.05, 0) is 31.1 Å². The van der Waals surface area contributed by atoms with E-state index in [1.807, 2.05) is 61.5 Å². The summed E-state index contributed by atoms with van der Waals surface area (Å²) in [5.74, 6) is -0.486. The molecule has 0 aliphatic carbocycles. The Morgan fingerprint density at radius 1 is 1.22 bits per heavy atom. The van der Waals surface area contributed by atoms with Gasteiger partial charge in [-0.2, -0.15) is 0 Å². The molecule has 1 N–H and O–H groups in total. The first-order chi connectivity index (χ1) is 17.7. The number of fused-ring (bicyclic) bond motifs is 2. The number of para-hydroxylation sites is 1. The van der Waals surface area contributed by atoms with Crippen LogP contribution in [0.3, 0.4) is 0 Å². The number of benzene rings is 2. The monoisotopic (exact) mass is 520 g/mol. The Bertz CT molecular complexity index is 1290. The average Bonchev–Trinajstić information content (AvgIpc) is 3.54. The van der Waals surface area contributed by atoms with Gasteiger partial charge in [0.05, 0.1) is 18.0 Å². The summed E-state index contributed by atoms with van der Waals surface area (Å²) >= 11 is 0. The number of amides is 1. The molecule has 1 aromatic heterocycles. The van der Waals surface area contributed by atoms with Crippen LogP contribution >= 0.6 is 0 Å². The molecule has 37 heavy (non-hydrogen) atoms. The maximum absolute atomic E-state index is 15.9. The molecular formula is C28H33FN4O3Si. The van der Waals surface area contributed by atoms with Crippen LogP contribution in [0.25, 0.3) is 0 Å². The van der Waals surface area contributed by atoms with Gasteiger partial charge in [0.25, 0.3) is 5.91 Å². The standard InChI is InChI=1S/C28H33FN4O3Si/c1-5-16-33-23-14-10-9-13-21(23)28(27(33)35)19(2)26(37(3,4)29)24(36-28)15-17-32-18-22(30-31-32)25(34)20-11-7-6-8-12-20/h5-14,18-19,24-26,34H,1,15-17H2,2-4H3/t19-,24+,25+,26-,28+/m0/s1. The van der Waals surface area contributed by atoms with Crippen molar-refractivity contribution in [3.8, 4) is 0 Å². The minimum absolute atomic E-state index is 0.152. The topological polar surface area (TPSA) is 80.5 Å². The smallest absolute Gasteiger partial charge is 0.264 e. The second-order valence-electron chi connectivity index (χ2n) is 10.5. The molecule has 2 aliphatic rings. The molecule has 2 aromatic carbocycles. The van der Waals surface area contributed by atoms with Gasteiger partial charge < -0.3 is 18.9 Å². The molecule has 0 unspecified atom stereocenters. The second kappa shape index (κ2) is 9.63. The van der Waals surface area contributed by atoms with Crippen molar-refractivity contribution < 1.29 is 18.7 Å². The highest BCUT2D eigenvalue weighted by Gasteiger charge is 2.66. The first-order valence-electron chi connectivity index (χ1n) is 12.7. The van der Waals surface area contributed by atoms with Crippen LogP contribution in [0.4, 0.5) is 9.80 Å². The zero-order chi connectivity index (χ0) is 26.4. The molecule has 9 heteroatoms. The molecule has 194 valence electrons. The fourth-order valence-corrected chi connectivity index (χ4v) is 8.74. The van der Waals surface area contributed by atoms with Gasteiger partial charge in [0.15, 0.2) is 5.60 Å². The Kier molecular flexibility index (Phi) is 6.64. The summed E-state index contributed by atoms with van der Waals surface area (Å²) in [7, 11) is -3.23. The van der Waals surface area contributed by atoms with Crippen LogP contribution in [-0.2, 0) is 21.7 Å². The highest BCUT2D eigenvalue weighted by molar-refractivity contribution is 6.72. The lowest BCUT2D eigenvalue weighted by Crippen LogP contribution is -2.45. The van der Waals surface area contributed by atoms with Gasteiger partial charge in [-0.3, -0.25) is 9.48 Å². The third kappa shape index (κ3) is 4.24. The van der Waals surface area contributed by atoms with E-state index in [9.17, 15) is 9.90 Å². The zero-order valence-corrected chi connectivity index (χ0v) is 22.4. The van der Waals surface area contributed by atoms with Gasteiger partial charge in [-0.25, -0.2) is 0 Å². The summed E-state index contributed by atoms with van der Waals surface area (Å²) in [4.78, 5) is 15.6. The Hall–Kier alpha value is -3.14. The number of aryl methyl sites for hydroxylation is 1. The van der Waals surface area contributed by atoms with Crippen molar-refractivity contribution in [2.75, 3.05) is 11.4 Å². The number of aliphatic hydroxyl groups is 1. The number of hydrogen-bond acceptors (Lipinski definition) is 5. The number of rotatable bonds is 8. The van der Waals surface area contributed by atoms with Gasteiger partial charge in [-0.1, -0.05) is 66.7 Å². The van der Waals surface area contributed by atoms with Crippen LogP contribution in [-0.4, -0.2) is 47.1 Å². The highest BCUT2D eigenvalue weighted by atomic mass is 28.4. The Labute approximate surface area is 217 Å². The fourth-order valence-electron chi connectivity index (χ4n) is 6.20. The zero-order valence-electron chi connectivity index (χ0n) is 21.4. The van der Waals surface area contributed by atoms with E-state index in [2.05, 4.69) is 16.9 Å². The van der Waals surface area contributed by atoms with Crippen LogP contribution in [0.15, 0.2) is 73.4 Å². The van der Waals surface area contributed by atoms with Crippen LogP contribution in [0.5, 0.6) is 0 Å². The number of anilines is 1. The van der Waals surface area contributed by atoms with Crippen LogP contribution in [0.2, 0.25) is 18.6 Å². The SMILES string of the molecule is C=CCN1C(=O)[C@]2(O[C@H](CCn3cc([C@H](O)c4ccccc4)nn3)[C@@H]([Si](C)(C)F)[C@@H]2C)c2ccccc21. The maximum Gasteiger partial charge on any atom is 0.264 e. The molecule has 2 aliphatic heterocycles. The second-order valence-corrected chi connectivity index (χ2v) is 14.3. The van der Waals surface area contributed by atoms with Crippen molar-refractivity contribution >= 4 is 20.0 Å². The number of halogens is 1. The van der Waals surface area contributed by atoms with Crippen molar-refractivity contribution in [2.45, 2.75) is 56.3 Å². The Balaban J connectivity index is 1.41. The quantitative estimate of drug-likeness (QED) is 0.263. The number of nitrogens with zero attached hydrogens (tertiary/aromatic N) is 4. The summed E-state index contributed by atoms with van der Waals surface area (Å²) in [5, 5.41) is 19.0. The predicted octanol–water partition coefficient (Wildman–Crippen LogP) is 4.76. The highest BCUT2D eigenvalue weighted by Crippen LogP contribution is 2.60. The van der Waals surface area contributed by atoms with Crippen LogP contribution in [0, 0.1) is 5.92 Å². The summed E-state index contributed by atoms with van der Waals surface area (Å²) in [6.45, 7) is 9.94. The van der Waals surface area contributed by atoms with Gasteiger partial charge in [0.2, 0.25) is 8.41 Å². The number of carbonyl (C=O) groups is 1. The summed E-state index contributed by atoms with van der Waals surface area (Å²) in [5.41, 5.74) is 1.17. The molecule has 5 rings (SSSR count). The lowest BCUT2D eigenvalue weighted by molar-refractivity contribution is -0.145. The van der Waals surface area contributed by atoms with Crippen molar-refractivity contribution in [3.63, 3.8) is 0 Å². The van der Waals surface area contributed by atoms with Crippen molar-refractivity contribution in [1.29, 1.82) is 0 Å².